The first-order chi connectivity index (χ1) is 13.0. The number of amides is 4. The fourth-order valence-electron chi connectivity index (χ4n) is 2.21. The minimum atomic E-state index is -0.367. The number of benzene rings is 2. The summed E-state index contributed by atoms with van der Waals surface area (Å²) in [4.78, 5) is 34.8. The van der Waals surface area contributed by atoms with Crippen LogP contribution >= 0.6 is 0 Å². The van der Waals surface area contributed by atoms with Crippen LogP contribution in [0.2, 0.25) is 0 Å². The van der Waals surface area contributed by atoms with Crippen LogP contribution < -0.4 is 26.0 Å². The smallest absolute Gasteiger partial charge is 0.319 e. The van der Waals surface area contributed by atoms with Gasteiger partial charge in [-0.1, -0.05) is 0 Å². The maximum absolute atomic E-state index is 12.0. The highest BCUT2D eigenvalue weighted by Gasteiger charge is 2.06. The Balaban J connectivity index is 1.69. The van der Waals surface area contributed by atoms with Crippen LogP contribution in [0.25, 0.3) is 0 Å². The maximum Gasteiger partial charge on any atom is 0.319 e. The van der Waals surface area contributed by atoms with E-state index >= 15 is 0 Å². The number of hydrogen-bond acceptors (Lipinski definition) is 4. The molecule has 0 atom stereocenters. The molecule has 0 saturated heterocycles. The van der Waals surface area contributed by atoms with Gasteiger partial charge in [-0.2, -0.15) is 0 Å². The molecule has 0 unspecified atom stereocenters. The zero-order valence-corrected chi connectivity index (χ0v) is 15.2. The lowest BCUT2D eigenvalue weighted by molar-refractivity contribution is -0.114. The Kier molecular flexibility index (Phi) is 7.18. The molecule has 2 aromatic rings. The Morgan fingerprint density at radius 1 is 0.815 bits per heavy atom. The lowest BCUT2D eigenvalue weighted by atomic mass is 10.2. The van der Waals surface area contributed by atoms with Crippen molar-refractivity contribution in [2.75, 3.05) is 30.8 Å². The standard InChI is InChI=1S/C19H22N4O4/c1-13(24)22-15-5-3-14(4-6-15)18(25)20-11-12-21-19(26)23-16-7-9-17(27-2)10-8-16/h3-10H,11-12H2,1-2H3,(H,20,25)(H,22,24)(H2,21,23,26). The van der Waals surface area contributed by atoms with Gasteiger partial charge in [0, 0.05) is 37.0 Å². The number of urea groups is 1. The molecule has 0 aromatic heterocycles. The van der Waals surface area contributed by atoms with Crippen molar-refractivity contribution in [2.24, 2.45) is 0 Å². The molecule has 0 radical (unpaired) electrons. The fraction of sp³-hybridized carbons (Fsp3) is 0.211. The van der Waals surface area contributed by atoms with Gasteiger partial charge in [0.05, 0.1) is 7.11 Å². The molecule has 0 bridgehead atoms. The molecule has 0 heterocycles. The van der Waals surface area contributed by atoms with Gasteiger partial charge in [0.15, 0.2) is 0 Å². The van der Waals surface area contributed by atoms with Crippen molar-refractivity contribution in [3.8, 4) is 5.75 Å². The fourth-order valence-corrected chi connectivity index (χ4v) is 2.21. The number of anilines is 2. The molecule has 0 aliphatic rings. The predicted molar refractivity (Wildman–Crippen MR) is 103 cm³/mol. The van der Waals surface area contributed by atoms with Crippen LogP contribution in [0.15, 0.2) is 48.5 Å². The Morgan fingerprint density at radius 3 is 1.96 bits per heavy atom. The van der Waals surface area contributed by atoms with Crippen LogP contribution in [0.5, 0.6) is 5.75 Å². The van der Waals surface area contributed by atoms with Crippen molar-refractivity contribution in [3.05, 3.63) is 54.1 Å². The number of ether oxygens (including phenoxy) is 1. The van der Waals surface area contributed by atoms with Gasteiger partial charge < -0.3 is 26.0 Å². The Hall–Kier alpha value is -3.55. The predicted octanol–water partition coefficient (Wildman–Crippen LogP) is 2.21. The summed E-state index contributed by atoms with van der Waals surface area (Å²) < 4.78 is 5.05. The summed E-state index contributed by atoms with van der Waals surface area (Å²) >= 11 is 0. The summed E-state index contributed by atoms with van der Waals surface area (Å²) in [7, 11) is 1.57. The van der Waals surface area contributed by atoms with Gasteiger partial charge in [-0.3, -0.25) is 9.59 Å². The van der Waals surface area contributed by atoms with Crippen LogP contribution in [0.4, 0.5) is 16.2 Å². The summed E-state index contributed by atoms with van der Waals surface area (Å²) in [6.45, 7) is 1.97. The second-order valence-corrected chi connectivity index (χ2v) is 5.62. The Labute approximate surface area is 157 Å². The molecule has 0 saturated carbocycles. The third-order valence-electron chi connectivity index (χ3n) is 3.51. The number of carbonyl (C=O) groups excluding carboxylic acids is 3. The van der Waals surface area contributed by atoms with Gasteiger partial charge in [0.25, 0.3) is 5.91 Å². The number of carbonyl (C=O) groups is 3. The van der Waals surface area contributed by atoms with E-state index in [2.05, 4.69) is 21.3 Å². The molecule has 0 spiro atoms. The highest BCUT2D eigenvalue weighted by Crippen LogP contribution is 2.14. The van der Waals surface area contributed by atoms with Crippen LogP contribution in [-0.4, -0.2) is 38.0 Å². The van der Waals surface area contributed by atoms with Gasteiger partial charge in [0.1, 0.15) is 5.75 Å². The summed E-state index contributed by atoms with van der Waals surface area (Å²) in [6, 6.07) is 13.1. The number of methoxy groups -OCH3 is 1. The monoisotopic (exact) mass is 370 g/mol. The van der Waals surface area contributed by atoms with E-state index in [1.807, 2.05) is 0 Å². The van der Waals surface area contributed by atoms with Crippen molar-refractivity contribution in [2.45, 2.75) is 6.92 Å². The molecular weight excluding hydrogens is 348 g/mol. The second-order valence-electron chi connectivity index (χ2n) is 5.62. The second kappa shape index (κ2) is 9.81. The number of hydrogen-bond donors (Lipinski definition) is 4. The topological polar surface area (TPSA) is 109 Å². The summed E-state index contributed by atoms with van der Waals surface area (Å²) in [5.41, 5.74) is 1.72. The van der Waals surface area contributed by atoms with Crippen molar-refractivity contribution in [3.63, 3.8) is 0 Å². The van der Waals surface area contributed by atoms with Gasteiger partial charge >= 0.3 is 6.03 Å². The van der Waals surface area contributed by atoms with Crippen LogP contribution in [0.1, 0.15) is 17.3 Å². The van der Waals surface area contributed by atoms with E-state index < -0.39 is 0 Å². The molecule has 8 nitrogen and oxygen atoms in total. The normalized spacial score (nSPS) is 9.85. The summed E-state index contributed by atoms with van der Waals surface area (Å²) in [5, 5.41) is 10.7. The third-order valence-corrected chi connectivity index (χ3v) is 3.51. The number of rotatable bonds is 7. The number of nitrogens with one attached hydrogen (secondary N) is 4. The van der Waals surface area contributed by atoms with Crippen LogP contribution in [-0.2, 0) is 4.79 Å². The molecule has 2 aromatic carbocycles. The van der Waals surface area contributed by atoms with E-state index in [1.165, 1.54) is 6.92 Å². The van der Waals surface area contributed by atoms with Gasteiger partial charge in [-0.05, 0) is 48.5 Å². The molecule has 2 rings (SSSR count). The van der Waals surface area contributed by atoms with E-state index in [1.54, 1.807) is 55.6 Å². The molecule has 27 heavy (non-hydrogen) atoms. The maximum atomic E-state index is 12.0. The lowest BCUT2D eigenvalue weighted by Crippen LogP contribution is -2.36. The van der Waals surface area contributed by atoms with Crippen molar-refractivity contribution in [1.29, 1.82) is 0 Å². The van der Waals surface area contributed by atoms with Gasteiger partial charge in [-0.15, -0.1) is 0 Å². The third kappa shape index (κ3) is 6.69. The minimum Gasteiger partial charge on any atom is -0.497 e. The zero-order valence-electron chi connectivity index (χ0n) is 15.2. The molecule has 8 heteroatoms. The van der Waals surface area contributed by atoms with Crippen molar-refractivity contribution >= 4 is 29.2 Å². The largest absolute Gasteiger partial charge is 0.497 e. The molecule has 142 valence electrons. The SMILES string of the molecule is COc1ccc(NC(=O)NCCNC(=O)c2ccc(NC(C)=O)cc2)cc1. The Morgan fingerprint density at radius 2 is 1.37 bits per heavy atom. The van der Waals surface area contributed by atoms with Gasteiger partial charge in [0.2, 0.25) is 5.91 Å². The van der Waals surface area contributed by atoms with E-state index in [9.17, 15) is 14.4 Å². The molecule has 0 aliphatic carbocycles. The lowest BCUT2D eigenvalue weighted by Gasteiger charge is -2.09. The molecule has 0 aliphatic heterocycles. The first-order valence-electron chi connectivity index (χ1n) is 8.32. The van der Waals surface area contributed by atoms with E-state index in [-0.39, 0.29) is 30.9 Å². The Bertz CT molecular complexity index is 788. The van der Waals surface area contributed by atoms with Gasteiger partial charge in [-0.25, -0.2) is 4.79 Å². The van der Waals surface area contributed by atoms with E-state index in [0.717, 1.165) is 0 Å². The van der Waals surface area contributed by atoms with Crippen LogP contribution in [0.3, 0.4) is 0 Å². The average molecular weight is 370 g/mol. The summed E-state index contributed by atoms with van der Waals surface area (Å²) in [5.74, 6) is 0.265. The first-order valence-corrected chi connectivity index (χ1v) is 8.32. The quantitative estimate of drug-likeness (QED) is 0.560. The highest BCUT2D eigenvalue weighted by molar-refractivity contribution is 5.95. The van der Waals surface area contributed by atoms with E-state index in [4.69, 9.17) is 4.74 Å². The molecule has 4 N–H and O–H groups in total. The molecule has 4 amide bonds. The van der Waals surface area contributed by atoms with Crippen LogP contribution in [0, 0.1) is 0 Å². The molecular formula is C19H22N4O4. The first kappa shape index (κ1) is 19.8. The van der Waals surface area contributed by atoms with E-state index in [0.29, 0.717) is 22.7 Å². The minimum absolute atomic E-state index is 0.175. The summed E-state index contributed by atoms with van der Waals surface area (Å²) in [6.07, 6.45) is 0. The average Bonchev–Trinajstić information content (AvgIpc) is 2.66. The van der Waals surface area contributed by atoms with Crippen molar-refractivity contribution in [1.82, 2.24) is 10.6 Å². The highest BCUT2D eigenvalue weighted by atomic mass is 16.5. The molecule has 0 fully saturated rings. The van der Waals surface area contributed by atoms with Crippen molar-refractivity contribution < 1.29 is 19.1 Å². The zero-order chi connectivity index (χ0) is 19.6.